The second-order valence-electron chi connectivity index (χ2n) is 6.42. The number of ether oxygens (including phenoxy) is 2. The summed E-state index contributed by atoms with van der Waals surface area (Å²) in [6.07, 6.45) is 2.84. The molecule has 0 aromatic heterocycles. The lowest BCUT2D eigenvalue weighted by Gasteiger charge is -2.19. The maximum Gasteiger partial charge on any atom is 0.270 e. The van der Waals surface area contributed by atoms with Crippen molar-refractivity contribution in [3.63, 3.8) is 0 Å². The summed E-state index contributed by atoms with van der Waals surface area (Å²) in [5.41, 5.74) is 1.09. The van der Waals surface area contributed by atoms with Gasteiger partial charge in [0.2, 0.25) is 5.91 Å². The Morgan fingerprint density at radius 2 is 1.93 bits per heavy atom. The maximum atomic E-state index is 12.2. The number of amides is 1. The van der Waals surface area contributed by atoms with E-state index in [0.717, 1.165) is 19.6 Å². The van der Waals surface area contributed by atoms with Gasteiger partial charge in [-0.1, -0.05) is 26.0 Å². The lowest BCUT2D eigenvalue weighted by Crippen LogP contribution is -2.28. The largest absolute Gasteiger partial charge is 0.493 e. The molecule has 0 aliphatic rings. The second-order valence-corrected chi connectivity index (χ2v) is 6.42. The van der Waals surface area contributed by atoms with Gasteiger partial charge in [-0.05, 0) is 36.9 Å². The number of carbonyl (C=O) groups is 1. The molecule has 0 bridgehead atoms. The van der Waals surface area contributed by atoms with Crippen molar-refractivity contribution < 1.29 is 19.2 Å². The predicted molar refractivity (Wildman–Crippen MR) is 117 cm³/mol. The van der Waals surface area contributed by atoms with Gasteiger partial charge in [0.25, 0.3) is 5.69 Å². The van der Waals surface area contributed by atoms with Crippen LogP contribution in [-0.4, -0.2) is 49.1 Å². The maximum absolute atomic E-state index is 12.2. The van der Waals surface area contributed by atoms with E-state index in [-0.39, 0.29) is 11.6 Å². The van der Waals surface area contributed by atoms with Crippen LogP contribution in [0.25, 0.3) is 6.08 Å². The molecule has 0 unspecified atom stereocenters. The summed E-state index contributed by atoms with van der Waals surface area (Å²) in [5.74, 6) is 0.769. The molecule has 0 aliphatic heterocycles. The van der Waals surface area contributed by atoms with Crippen LogP contribution in [0.15, 0.2) is 48.5 Å². The van der Waals surface area contributed by atoms with Gasteiger partial charge >= 0.3 is 0 Å². The van der Waals surface area contributed by atoms with Gasteiger partial charge < -0.3 is 19.7 Å². The fourth-order valence-electron chi connectivity index (χ4n) is 2.79. The second kappa shape index (κ2) is 11.6. The minimum Gasteiger partial charge on any atom is -0.493 e. The summed E-state index contributed by atoms with van der Waals surface area (Å²) in [6.45, 7) is 7.39. The van der Waals surface area contributed by atoms with E-state index >= 15 is 0 Å². The number of nitrogens with one attached hydrogen (secondary N) is 1. The summed E-state index contributed by atoms with van der Waals surface area (Å²) in [4.78, 5) is 24.9. The number of hydrogen-bond acceptors (Lipinski definition) is 6. The van der Waals surface area contributed by atoms with E-state index in [0.29, 0.717) is 29.4 Å². The van der Waals surface area contributed by atoms with Crippen LogP contribution in [0, 0.1) is 10.1 Å². The Hall–Kier alpha value is -3.39. The van der Waals surface area contributed by atoms with Gasteiger partial charge in [-0.15, -0.1) is 0 Å². The summed E-state index contributed by atoms with van der Waals surface area (Å²) in [6, 6.07) is 11.2. The van der Waals surface area contributed by atoms with E-state index in [2.05, 4.69) is 24.1 Å². The molecule has 1 N–H and O–H groups in total. The smallest absolute Gasteiger partial charge is 0.270 e. The third-order valence-corrected chi connectivity index (χ3v) is 4.50. The summed E-state index contributed by atoms with van der Waals surface area (Å²) in [5, 5.41) is 13.6. The fourth-order valence-corrected chi connectivity index (χ4v) is 2.79. The van der Waals surface area contributed by atoms with Crippen LogP contribution < -0.4 is 14.8 Å². The molecule has 0 saturated heterocycles. The van der Waals surface area contributed by atoms with Gasteiger partial charge in [0.05, 0.1) is 12.0 Å². The molecule has 1 amide bonds. The number of hydrogen-bond donors (Lipinski definition) is 1. The Morgan fingerprint density at radius 1 is 1.17 bits per heavy atom. The molecular formula is C22H27N3O5. The van der Waals surface area contributed by atoms with Gasteiger partial charge in [0.15, 0.2) is 11.5 Å². The van der Waals surface area contributed by atoms with Crippen LogP contribution in [0.2, 0.25) is 0 Å². The molecular weight excluding hydrogens is 386 g/mol. The number of anilines is 1. The van der Waals surface area contributed by atoms with Crippen LogP contribution in [0.5, 0.6) is 11.5 Å². The zero-order valence-electron chi connectivity index (χ0n) is 17.5. The average molecular weight is 413 g/mol. The van der Waals surface area contributed by atoms with Crippen molar-refractivity contribution in [2.75, 3.05) is 38.7 Å². The van der Waals surface area contributed by atoms with Gasteiger partial charge in [-0.2, -0.15) is 0 Å². The summed E-state index contributed by atoms with van der Waals surface area (Å²) < 4.78 is 11.2. The van der Waals surface area contributed by atoms with Gasteiger partial charge in [0, 0.05) is 36.5 Å². The minimum atomic E-state index is -0.476. The van der Waals surface area contributed by atoms with Crippen molar-refractivity contribution in [3.05, 3.63) is 64.2 Å². The lowest BCUT2D eigenvalue weighted by atomic mass is 10.2. The monoisotopic (exact) mass is 413 g/mol. The number of benzene rings is 2. The van der Waals surface area contributed by atoms with Crippen molar-refractivity contribution in [2.24, 2.45) is 0 Å². The third-order valence-electron chi connectivity index (χ3n) is 4.50. The first-order valence-corrected chi connectivity index (χ1v) is 9.73. The summed E-state index contributed by atoms with van der Waals surface area (Å²) >= 11 is 0. The van der Waals surface area contributed by atoms with Crippen molar-refractivity contribution in [3.8, 4) is 11.5 Å². The van der Waals surface area contributed by atoms with E-state index in [4.69, 9.17) is 9.47 Å². The van der Waals surface area contributed by atoms with E-state index in [9.17, 15) is 14.9 Å². The predicted octanol–water partition coefficient (Wildman–Crippen LogP) is 3.98. The van der Waals surface area contributed by atoms with Crippen molar-refractivity contribution in [1.82, 2.24) is 4.90 Å². The van der Waals surface area contributed by atoms with Gasteiger partial charge in [-0.3, -0.25) is 14.9 Å². The molecule has 0 spiro atoms. The third kappa shape index (κ3) is 6.89. The normalized spacial score (nSPS) is 10.9. The van der Waals surface area contributed by atoms with Gasteiger partial charge in [0.1, 0.15) is 6.61 Å². The van der Waals surface area contributed by atoms with E-state index in [1.54, 1.807) is 37.4 Å². The highest BCUT2D eigenvalue weighted by Gasteiger charge is 2.09. The van der Waals surface area contributed by atoms with Crippen LogP contribution >= 0.6 is 0 Å². The Kier molecular flexibility index (Phi) is 8.83. The van der Waals surface area contributed by atoms with Crippen LogP contribution in [0.1, 0.15) is 19.4 Å². The molecule has 2 aromatic carbocycles. The highest BCUT2D eigenvalue weighted by molar-refractivity contribution is 6.02. The number of rotatable bonds is 11. The van der Waals surface area contributed by atoms with Crippen molar-refractivity contribution >= 4 is 23.4 Å². The molecule has 8 heteroatoms. The molecule has 0 saturated carbocycles. The number of non-ortho nitro benzene ring substituents is 1. The van der Waals surface area contributed by atoms with Crippen molar-refractivity contribution in [2.45, 2.75) is 13.8 Å². The standard InChI is InChI=1S/C22H27N3O5/c1-4-24(5-2)13-14-30-21-16-18(10-11-20(21)29-3)23-22(26)12-9-17-7-6-8-19(15-17)25(27)28/h6-12,15-16H,4-5,13-14H2,1-3H3,(H,23,26)/b12-9+. The number of nitro benzene ring substituents is 1. The first kappa shape index (κ1) is 22.9. The highest BCUT2D eigenvalue weighted by atomic mass is 16.6. The van der Waals surface area contributed by atoms with E-state index in [1.807, 2.05) is 0 Å². The van der Waals surface area contributed by atoms with Crippen LogP contribution in [-0.2, 0) is 4.79 Å². The number of methoxy groups -OCH3 is 1. The van der Waals surface area contributed by atoms with E-state index < -0.39 is 4.92 Å². The molecule has 0 heterocycles. The van der Waals surface area contributed by atoms with Crippen LogP contribution in [0.3, 0.4) is 0 Å². The quantitative estimate of drug-likeness (QED) is 0.340. The zero-order valence-corrected chi connectivity index (χ0v) is 17.5. The molecule has 30 heavy (non-hydrogen) atoms. The number of carbonyl (C=O) groups excluding carboxylic acids is 1. The Morgan fingerprint density at radius 3 is 2.60 bits per heavy atom. The SMILES string of the molecule is CCN(CC)CCOc1cc(NC(=O)/C=C/c2cccc([N+](=O)[O-])c2)ccc1OC. The summed E-state index contributed by atoms with van der Waals surface area (Å²) in [7, 11) is 1.56. The highest BCUT2D eigenvalue weighted by Crippen LogP contribution is 2.30. The molecule has 2 aromatic rings. The molecule has 0 radical (unpaired) electrons. The lowest BCUT2D eigenvalue weighted by molar-refractivity contribution is -0.384. The zero-order chi connectivity index (χ0) is 21.9. The van der Waals surface area contributed by atoms with Crippen molar-refractivity contribution in [1.29, 1.82) is 0 Å². The first-order chi connectivity index (χ1) is 14.5. The molecule has 2 rings (SSSR count). The number of likely N-dealkylation sites (N-methyl/N-ethyl adjacent to an activating group) is 1. The topological polar surface area (TPSA) is 93.9 Å². The number of nitro groups is 1. The Balaban J connectivity index is 2.02. The molecule has 8 nitrogen and oxygen atoms in total. The Labute approximate surface area is 176 Å². The molecule has 0 aliphatic carbocycles. The molecule has 160 valence electrons. The van der Waals surface area contributed by atoms with Crippen LogP contribution in [0.4, 0.5) is 11.4 Å². The van der Waals surface area contributed by atoms with E-state index in [1.165, 1.54) is 24.3 Å². The number of nitrogens with zero attached hydrogens (tertiary/aromatic N) is 2. The van der Waals surface area contributed by atoms with Gasteiger partial charge in [-0.25, -0.2) is 0 Å². The minimum absolute atomic E-state index is 0.0285. The fraction of sp³-hybridized carbons (Fsp3) is 0.318. The Bertz CT molecular complexity index is 894. The molecule has 0 atom stereocenters. The average Bonchev–Trinajstić information content (AvgIpc) is 2.75. The first-order valence-electron chi connectivity index (χ1n) is 9.73. The molecule has 0 fully saturated rings.